The van der Waals surface area contributed by atoms with Gasteiger partial charge in [-0.3, -0.25) is 23.2 Å². The summed E-state index contributed by atoms with van der Waals surface area (Å²) >= 11 is 0. The average molecular weight is 1080 g/mol. The summed E-state index contributed by atoms with van der Waals surface area (Å²) in [5, 5.41) is 25.3. The Labute approximate surface area is 421 Å². The third kappa shape index (κ3) is 14.7. The van der Waals surface area contributed by atoms with Gasteiger partial charge in [-0.1, -0.05) is 85.4 Å². The number of esters is 2. The third-order valence-corrected chi connectivity index (χ3v) is 14.0. The van der Waals surface area contributed by atoms with Gasteiger partial charge < -0.3 is 54.6 Å². The molecule has 22 nitrogen and oxygen atoms in total. The van der Waals surface area contributed by atoms with Crippen molar-refractivity contribution >= 4 is 38.9 Å². The average Bonchev–Trinajstić information content (AvgIpc) is 3.72. The number of hydrogen-bond acceptors (Lipinski definition) is 19. The van der Waals surface area contributed by atoms with Crippen LogP contribution < -0.4 is 31.9 Å². The molecule has 7 rings (SSSR count). The maximum atomic E-state index is 14.9. The molecule has 3 aliphatic heterocycles. The van der Waals surface area contributed by atoms with E-state index in [1.807, 2.05) is 6.07 Å². The molecular weight excluding hydrogens is 1030 g/mol. The highest BCUT2D eigenvalue weighted by molar-refractivity contribution is 7.56. The minimum Gasteiger partial charge on any atom is -0.460 e. The smallest absolute Gasteiger partial charge is 0.459 e. The normalized spacial score (nSPS) is 24.3. The van der Waals surface area contributed by atoms with Crippen molar-refractivity contribution in [2.24, 2.45) is 10.7 Å². The van der Waals surface area contributed by atoms with Gasteiger partial charge in [0.15, 0.2) is 12.2 Å². The molecule has 0 amide bonds. The Morgan fingerprint density at radius 2 is 1.27 bits per heavy atom. The Balaban J connectivity index is 0.000000244. The van der Waals surface area contributed by atoms with Crippen molar-refractivity contribution in [3.63, 3.8) is 0 Å². The highest BCUT2D eigenvalue weighted by atomic mass is 31.2. The molecule has 2 fully saturated rings. The van der Waals surface area contributed by atoms with E-state index in [2.05, 4.69) is 26.7 Å². The van der Waals surface area contributed by atoms with E-state index in [4.69, 9.17) is 44.0 Å². The Bertz CT molecular complexity index is 2810. The molecule has 4 heterocycles. The zero-order valence-electron chi connectivity index (χ0n) is 39.8. The fourth-order valence-electron chi connectivity index (χ4n) is 7.05. The SMILES string of the molecule is C=C1N=C(N)C=CN1[C@@H]1O[C@H](CO[P@](C)(=O)N[C@@H](C)C(=O)OCc2ccccc2)C(O)C1(F)F.C[C@H](N[P@](=O)(OC[C@H]1O[C@@H](n2ccc(N)nc2=O)C(F)(F)C1O)Oc1ccccc1)C(=O)OCc1ccccc1. The van der Waals surface area contributed by atoms with Crippen molar-refractivity contribution in [2.45, 2.75) is 87.9 Å². The van der Waals surface area contributed by atoms with E-state index in [1.165, 1.54) is 44.9 Å². The van der Waals surface area contributed by atoms with Gasteiger partial charge in [0.05, 0.1) is 13.2 Å². The summed E-state index contributed by atoms with van der Waals surface area (Å²) in [7, 11) is -8.12. The molecule has 0 bridgehead atoms. The van der Waals surface area contributed by atoms with Crippen LogP contribution in [0, 0.1) is 0 Å². The van der Waals surface area contributed by atoms with Gasteiger partial charge in [-0.25, -0.2) is 19.4 Å². The van der Waals surface area contributed by atoms with E-state index in [0.717, 1.165) is 28.3 Å². The molecule has 0 spiro atoms. The van der Waals surface area contributed by atoms with E-state index < -0.39 is 107 Å². The van der Waals surface area contributed by atoms with E-state index in [9.17, 15) is 51.3 Å². The van der Waals surface area contributed by atoms with Crippen LogP contribution in [0.25, 0.3) is 0 Å². The summed E-state index contributed by atoms with van der Waals surface area (Å²) in [6, 6.07) is 24.5. The maximum Gasteiger partial charge on any atom is 0.459 e. The van der Waals surface area contributed by atoms with Crippen LogP contribution in [0.1, 0.15) is 31.2 Å². The molecule has 3 aliphatic rings. The summed E-state index contributed by atoms with van der Waals surface area (Å²) in [6.45, 7) is 6.00. The lowest BCUT2D eigenvalue weighted by molar-refractivity contribution is -0.148. The van der Waals surface area contributed by atoms with Crippen LogP contribution >= 0.6 is 15.3 Å². The second kappa shape index (κ2) is 24.4. The number of carbonyl (C=O) groups excluding carboxylic acids is 2. The Morgan fingerprint density at radius 3 is 1.80 bits per heavy atom. The second-order valence-electron chi connectivity index (χ2n) is 16.7. The number of nitrogen functional groups attached to an aromatic ring is 1. The molecule has 2 unspecified atom stereocenters. The standard InChI is InChI=1S/C25H27F2N4O8P.C21H27F2N4O6P/c1-16(22(33)36-14-17-8-4-2-5-9-17)30-40(35,39-18-10-6-3-7-11-18)37-15-19-21(32)25(26,27)23(38-19)31-13-12-20(28)29-24(31)34;1-13(19(29)31-11-15-7-5-4-6-8-15)26-34(3,30)32-12-16-18(28)21(22,23)20(33-16)27-10-9-17(24)25-14(27)2/h2-13,16,19,21,23,32H,14-15H2,1H3,(H,30,35)(H2,28,29,34);4-10,13,16,18,20,28H,2,11-12H2,1,3H3,(H2,24,25)(H,26,30)/t16-,19+,21?,23+,40-;13-,16+,18?,20+,34-/m00/s1. The predicted molar refractivity (Wildman–Crippen MR) is 257 cm³/mol. The molecule has 2 saturated heterocycles. The molecule has 8 N–H and O–H groups in total. The number of aliphatic imine (C=N–C) groups is 1. The zero-order chi connectivity index (χ0) is 54.0. The van der Waals surface area contributed by atoms with Gasteiger partial charge >= 0.3 is 37.2 Å². The highest BCUT2D eigenvalue weighted by Crippen LogP contribution is 2.48. The molecule has 0 aliphatic carbocycles. The van der Waals surface area contributed by atoms with Crippen molar-refractivity contribution in [1.82, 2.24) is 24.6 Å². The van der Waals surface area contributed by atoms with Gasteiger partial charge in [0.25, 0.3) is 7.52 Å². The number of nitrogens with one attached hydrogen (secondary N) is 2. The summed E-state index contributed by atoms with van der Waals surface area (Å²) in [5.74, 6) is -9.26. The number of aliphatic hydroxyl groups is 2. The van der Waals surface area contributed by atoms with Crippen molar-refractivity contribution in [2.75, 3.05) is 25.6 Å². The Hall–Kier alpha value is -6.31. The topological polar surface area (TPSA) is 300 Å². The van der Waals surface area contributed by atoms with Gasteiger partial charge in [-0.05, 0) is 49.2 Å². The summed E-state index contributed by atoms with van der Waals surface area (Å²) < 4.78 is 123. The van der Waals surface area contributed by atoms with Crippen LogP contribution in [0.15, 0.2) is 138 Å². The lowest BCUT2D eigenvalue weighted by Gasteiger charge is -2.31. The van der Waals surface area contributed by atoms with Crippen LogP contribution in [-0.2, 0) is 59.9 Å². The number of amidine groups is 1. The first-order valence-electron chi connectivity index (χ1n) is 22.3. The van der Waals surface area contributed by atoms with Crippen molar-refractivity contribution in [1.29, 1.82) is 0 Å². The third-order valence-electron chi connectivity index (χ3n) is 10.9. The largest absolute Gasteiger partial charge is 0.460 e. The van der Waals surface area contributed by atoms with Crippen molar-refractivity contribution in [3.8, 4) is 5.75 Å². The molecule has 1 aromatic heterocycles. The van der Waals surface area contributed by atoms with Crippen LogP contribution in [0.5, 0.6) is 5.75 Å². The van der Waals surface area contributed by atoms with E-state index >= 15 is 0 Å². The molecule has 0 saturated carbocycles. The molecule has 74 heavy (non-hydrogen) atoms. The van der Waals surface area contributed by atoms with E-state index in [1.54, 1.807) is 72.8 Å². The van der Waals surface area contributed by atoms with Crippen LogP contribution in [-0.4, -0.2) is 117 Å². The Kier molecular flexibility index (Phi) is 18.8. The van der Waals surface area contributed by atoms with Gasteiger partial charge in [-0.2, -0.15) is 27.6 Å². The number of rotatable bonds is 20. The number of alkyl halides is 4. The quantitative estimate of drug-likeness (QED) is 0.0401. The van der Waals surface area contributed by atoms with E-state index in [-0.39, 0.29) is 36.4 Å². The first kappa shape index (κ1) is 57.0. The number of carbonyl (C=O) groups is 2. The number of ether oxygens (including phenoxy) is 4. The molecule has 0 radical (unpaired) electrons. The fourth-order valence-corrected chi connectivity index (χ4v) is 9.87. The molecule has 3 aromatic carbocycles. The first-order valence-corrected chi connectivity index (χ1v) is 26.0. The summed E-state index contributed by atoms with van der Waals surface area (Å²) in [4.78, 5) is 45.0. The predicted octanol–water partition coefficient (Wildman–Crippen LogP) is 4.57. The number of anilines is 1. The number of para-hydroxylation sites is 1. The second-order valence-corrected chi connectivity index (χ2v) is 20.6. The van der Waals surface area contributed by atoms with Crippen LogP contribution in [0.2, 0.25) is 0 Å². The van der Waals surface area contributed by atoms with Crippen molar-refractivity contribution in [3.05, 3.63) is 150 Å². The van der Waals surface area contributed by atoms with Crippen molar-refractivity contribution < 1.29 is 79.0 Å². The highest BCUT2D eigenvalue weighted by Gasteiger charge is 2.62. The molecule has 10 atom stereocenters. The number of hydrogen-bond donors (Lipinski definition) is 6. The van der Waals surface area contributed by atoms with Gasteiger partial charge in [0, 0.05) is 19.1 Å². The minimum absolute atomic E-state index is 0.0328. The number of nitrogens with two attached hydrogens (primary N) is 2. The number of aliphatic hydroxyl groups excluding tert-OH is 2. The number of benzene rings is 3. The molecular formula is C46H54F4N8O14P2. The monoisotopic (exact) mass is 1080 g/mol. The van der Waals surface area contributed by atoms with Gasteiger partial charge in [0.2, 0.25) is 12.5 Å². The number of halogens is 4. The molecule has 4 aromatic rings. The number of nitrogens with zero attached hydrogens (tertiary/aromatic N) is 4. The maximum absolute atomic E-state index is 14.9. The molecule has 400 valence electrons. The first-order chi connectivity index (χ1) is 34.9. The lowest BCUT2D eigenvalue weighted by Crippen LogP contribution is -2.47. The number of aromatic nitrogens is 2. The van der Waals surface area contributed by atoms with E-state index in [0.29, 0.717) is 4.57 Å². The lowest BCUT2D eigenvalue weighted by atomic mass is 10.1. The van der Waals surface area contributed by atoms with Gasteiger partial charge in [-0.15, -0.1) is 0 Å². The summed E-state index contributed by atoms with van der Waals surface area (Å²) in [6.07, 6.45) is -8.69. The van der Waals surface area contributed by atoms with Crippen LogP contribution in [0.3, 0.4) is 0 Å². The Morgan fingerprint density at radius 1 is 0.784 bits per heavy atom. The van der Waals surface area contributed by atoms with Crippen LogP contribution in [0.4, 0.5) is 23.4 Å². The molecule has 28 heteroatoms. The zero-order valence-corrected chi connectivity index (χ0v) is 41.6. The minimum atomic E-state index is -4.46. The van der Waals surface area contributed by atoms with Gasteiger partial charge in [0.1, 0.15) is 60.7 Å². The fraction of sp³-hybridized carbons (Fsp3) is 0.370. The summed E-state index contributed by atoms with van der Waals surface area (Å²) in [5.41, 5.74) is 11.3.